The predicted octanol–water partition coefficient (Wildman–Crippen LogP) is 4.62. The lowest BCUT2D eigenvalue weighted by molar-refractivity contribution is 0.647. The van der Waals surface area contributed by atoms with Crippen LogP contribution in [0.4, 0.5) is 0 Å². The Bertz CT molecular complexity index is 641. The molecule has 0 saturated heterocycles. The maximum absolute atomic E-state index is 5.39. The smallest absolute Gasteiger partial charge is 0.130 e. The molecule has 100 valence electrons. The molecule has 1 heterocycles. The van der Waals surface area contributed by atoms with Gasteiger partial charge in [0.2, 0.25) is 0 Å². The van der Waals surface area contributed by atoms with Gasteiger partial charge in [0, 0.05) is 11.3 Å². The van der Waals surface area contributed by atoms with Crippen molar-refractivity contribution in [2.45, 2.75) is 34.1 Å². The van der Waals surface area contributed by atoms with E-state index in [1.165, 1.54) is 5.56 Å². The van der Waals surface area contributed by atoms with Gasteiger partial charge in [-0.25, -0.2) is 4.98 Å². The van der Waals surface area contributed by atoms with Gasteiger partial charge in [-0.1, -0.05) is 44.3 Å². The monoisotopic (exact) mass is 272 g/mol. The molecule has 0 spiro atoms. The number of hydrogen-bond donors (Lipinski definition) is 1. The Hall–Kier alpha value is -1.48. The fraction of sp³-hybridized carbons (Fsp3) is 0.375. The van der Waals surface area contributed by atoms with Crippen molar-refractivity contribution >= 4 is 12.2 Å². The van der Waals surface area contributed by atoms with E-state index >= 15 is 0 Å². The minimum Gasteiger partial charge on any atom is -0.347 e. The number of aromatic nitrogens is 2. The van der Waals surface area contributed by atoms with Gasteiger partial charge in [-0.3, -0.25) is 0 Å². The Morgan fingerprint density at radius 2 is 2.00 bits per heavy atom. The van der Waals surface area contributed by atoms with Crippen LogP contribution >= 0.6 is 12.2 Å². The summed E-state index contributed by atoms with van der Waals surface area (Å²) in [4.78, 5) is 7.85. The highest BCUT2D eigenvalue weighted by atomic mass is 32.1. The molecular weight excluding hydrogens is 252 g/mol. The predicted molar refractivity (Wildman–Crippen MR) is 82.9 cm³/mol. The molecule has 2 aromatic rings. The van der Waals surface area contributed by atoms with Gasteiger partial charge in [-0.2, -0.15) is 0 Å². The molecule has 2 nitrogen and oxygen atoms in total. The second-order valence-corrected chi connectivity index (χ2v) is 5.83. The number of nitrogens with zero attached hydrogens (tertiary/aromatic N) is 1. The summed E-state index contributed by atoms with van der Waals surface area (Å²) in [6.07, 6.45) is 1.08. The summed E-state index contributed by atoms with van der Waals surface area (Å²) in [5.74, 6) is 0.650. The number of H-pyrrole nitrogens is 1. The topological polar surface area (TPSA) is 28.7 Å². The number of benzene rings is 1. The van der Waals surface area contributed by atoms with E-state index in [0.717, 1.165) is 29.1 Å². The number of aromatic amines is 1. The van der Waals surface area contributed by atoms with Crippen LogP contribution < -0.4 is 0 Å². The first-order valence-corrected chi connectivity index (χ1v) is 7.05. The molecule has 0 aliphatic heterocycles. The van der Waals surface area contributed by atoms with Crippen LogP contribution in [0.2, 0.25) is 0 Å². The van der Waals surface area contributed by atoms with Gasteiger partial charge in [0.25, 0.3) is 0 Å². The van der Waals surface area contributed by atoms with Gasteiger partial charge in [-0.15, -0.1) is 0 Å². The Balaban J connectivity index is 2.47. The largest absolute Gasteiger partial charge is 0.347 e. The highest BCUT2D eigenvalue weighted by Gasteiger charge is 2.06. The van der Waals surface area contributed by atoms with Crippen LogP contribution in [0, 0.1) is 24.4 Å². The first-order valence-electron chi connectivity index (χ1n) is 6.64. The standard InChI is InChI=1S/C16H20N2S/c1-10(2)8-13-6-5-7-14(9-13)15-16(19)18-12(4)11(3)17-15/h5-7,9-10H,8H2,1-4H3,(H,18,19). The molecule has 0 amide bonds. The Labute approximate surface area is 119 Å². The van der Waals surface area contributed by atoms with Crippen LogP contribution in [0.3, 0.4) is 0 Å². The molecule has 0 atom stereocenters. The lowest BCUT2D eigenvalue weighted by atomic mass is 10.00. The Morgan fingerprint density at radius 3 is 2.68 bits per heavy atom. The van der Waals surface area contributed by atoms with Crippen molar-refractivity contribution in [2.24, 2.45) is 5.92 Å². The molecule has 1 aromatic heterocycles. The van der Waals surface area contributed by atoms with Crippen LogP contribution in [0.15, 0.2) is 24.3 Å². The van der Waals surface area contributed by atoms with E-state index in [4.69, 9.17) is 12.2 Å². The third kappa shape index (κ3) is 3.29. The fourth-order valence-electron chi connectivity index (χ4n) is 2.13. The third-order valence-corrected chi connectivity index (χ3v) is 3.48. The molecule has 0 radical (unpaired) electrons. The van der Waals surface area contributed by atoms with Crippen LogP contribution in [-0.2, 0) is 6.42 Å². The molecule has 1 aromatic carbocycles. The normalized spacial score (nSPS) is 11.0. The van der Waals surface area contributed by atoms with E-state index < -0.39 is 0 Å². The Kier molecular flexibility index (Phi) is 4.15. The molecule has 0 aliphatic rings. The van der Waals surface area contributed by atoms with Crippen molar-refractivity contribution < 1.29 is 0 Å². The number of nitrogens with one attached hydrogen (secondary N) is 1. The highest BCUT2D eigenvalue weighted by molar-refractivity contribution is 7.71. The SMILES string of the molecule is Cc1nc(-c2cccc(CC(C)C)c2)c(=S)[nH]c1C. The zero-order valence-corrected chi connectivity index (χ0v) is 12.8. The third-order valence-electron chi connectivity index (χ3n) is 3.18. The number of hydrogen-bond acceptors (Lipinski definition) is 2. The minimum atomic E-state index is 0.650. The molecule has 1 N–H and O–H groups in total. The molecule has 0 fully saturated rings. The molecule has 0 aliphatic carbocycles. The Morgan fingerprint density at radius 1 is 1.26 bits per heavy atom. The van der Waals surface area contributed by atoms with Crippen LogP contribution in [0.1, 0.15) is 30.8 Å². The quantitative estimate of drug-likeness (QED) is 0.826. The van der Waals surface area contributed by atoms with E-state index in [-0.39, 0.29) is 0 Å². The van der Waals surface area contributed by atoms with Crippen molar-refractivity contribution in [1.82, 2.24) is 9.97 Å². The van der Waals surface area contributed by atoms with E-state index in [9.17, 15) is 0 Å². The molecule has 0 unspecified atom stereocenters. The van der Waals surface area contributed by atoms with E-state index in [1.54, 1.807) is 0 Å². The van der Waals surface area contributed by atoms with Crippen LogP contribution in [0.5, 0.6) is 0 Å². The summed E-state index contributed by atoms with van der Waals surface area (Å²) in [7, 11) is 0. The van der Waals surface area contributed by atoms with Crippen molar-refractivity contribution in [3.63, 3.8) is 0 Å². The summed E-state index contributed by atoms with van der Waals surface area (Å²) in [5.41, 5.74) is 5.35. The maximum Gasteiger partial charge on any atom is 0.130 e. The number of rotatable bonds is 3. The lowest BCUT2D eigenvalue weighted by Gasteiger charge is -2.09. The molecule has 0 saturated carbocycles. The maximum atomic E-state index is 5.39. The number of aryl methyl sites for hydroxylation is 2. The van der Waals surface area contributed by atoms with Gasteiger partial charge in [0.15, 0.2) is 0 Å². The second-order valence-electron chi connectivity index (χ2n) is 5.42. The summed E-state index contributed by atoms with van der Waals surface area (Å²) in [5, 5.41) is 0. The highest BCUT2D eigenvalue weighted by Crippen LogP contribution is 2.21. The second kappa shape index (κ2) is 5.66. The van der Waals surface area contributed by atoms with Crippen LogP contribution in [0.25, 0.3) is 11.3 Å². The van der Waals surface area contributed by atoms with Gasteiger partial charge in [0.05, 0.1) is 5.69 Å². The molecule has 3 heteroatoms. The molecule has 19 heavy (non-hydrogen) atoms. The van der Waals surface area contributed by atoms with Crippen LogP contribution in [-0.4, -0.2) is 9.97 Å². The van der Waals surface area contributed by atoms with Gasteiger partial charge >= 0.3 is 0 Å². The van der Waals surface area contributed by atoms with Crippen molar-refractivity contribution in [1.29, 1.82) is 0 Å². The first kappa shape index (κ1) is 13.9. The average molecular weight is 272 g/mol. The summed E-state index contributed by atoms with van der Waals surface area (Å²) in [6.45, 7) is 8.46. The minimum absolute atomic E-state index is 0.650. The summed E-state index contributed by atoms with van der Waals surface area (Å²) < 4.78 is 0.713. The molecule has 2 rings (SSSR count). The van der Waals surface area contributed by atoms with E-state index in [0.29, 0.717) is 10.6 Å². The lowest BCUT2D eigenvalue weighted by Crippen LogP contribution is -1.98. The summed E-state index contributed by atoms with van der Waals surface area (Å²) >= 11 is 5.39. The molecular formula is C16H20N2S. The van der Waals surface area contributed by atoms with Gasteiger partial charge in [-0.05, 0) is 37.8 Å². The first-order chi connectivity index (χ1) is 8.97. The fourth-order valence-corrected chi connectivity index (χ4v) is 2.45. The van der Waals surface area contributed by atoms with Gasteiger partial charge < -0.3 is 4.98 Å². The average Bonchev–Trinajstić information content (AvgIpc) is 2.33. The summed E-state index contributed by atoms with van der Waals surface area (Å²) in [6, 6.07) is 8.52. The van der Waals surface area contributed by atoms with Crippen molar-refractivity contribution in [3.05, 3.63) is 45.9 Å². The van der Waals surface area contributed by atoms with E-state index in [2.05, 4.69) is 48.1 Å². The molecule has 0 bridgehead atoms. The van der Waals surface area contributed by atoms with Crippen molar-refractivity contribution in [2.75, 3.05) is 0 Å². The van der Waals surface area contributed by atoms with E-state index in [1.807, 2.05) is 13.8 Å². The van der Waals surface area contributed by atoms with Crippen molar-refractivity contribution in [3.8, 4) is 11.3 Å². The zero-order valence-electron chi connectivity index (χ0n) is 11.9. The van der Waals surface area contributed by atoms with Gasteiger partial charge in [0.1, 0.15) is 10.3 Å². The zero-order chi connectivity index (χ0) is 14.0.